The lowest BCUT2D eigenvalue weighted by atomic mass is 10.1. The molecule has 0 N–H and O–H groups in total. The summed E-state index contributed by atoms with van der Waals surface area (Å²) in [4.78, 5) is 4.45. The van der Waals surface area contributed by atoms with Crippen LogP contribution in [0, 0.1) is 0 Å². The molecule has 2 nitrogen and oxygen atoms in total. The van der Waals surface area contributed by atoms with Crippen LogP contribution in [0.2, 0.25) is 0 Å². The highest BCUT2D eigenvalue weighted by atomic mass is 35.5. The molecule has 0 amide bonds. The fourth-order valence-corrected chi connectivity index (χ4v) is 2.84. The summed E-state index contributed by atoms with van der Waals surface area (Å²) in [5.41, 5.74) is 3.92. The maximum absolute atomic E-state index is 6.04. The van der Waals surface area contributed by atoms with Gasteiger partial charge in [-0.3, -0.25) is 0 Å². The molecule has 0 fully saturated rings. The lowest BCUT2D eigenvalue weighted by molar-refractivity contribution is 0.698. The van der Waals surface area contributed by atoms with Crippen LogP contribution in [0.25, 0.3) is 0 Å². The van der Waals surface area contributed by atoms with Crippen molar-refractivity contribution in [2.45, 2.75) is 12.5 Å². The molecule has 1 aliphatic rings. The minimum Gasteiger partial charge on any atom is -0.378 e. The molecule has 1 aromatic rings. The molecule has 0 saturated heterocycles. The molecular weight excluding hydrogens is 255 g/mol. The van der Waals surface area contributed by atoms with E-state index in [0.717, 1.165) is 13.0 Å². The second-order valence-corrected chi connectivity index (χ2v) is 5.29. The summed E-state index contributed by atoms with van der Waals surface area (Å²) in [5.74, 6) is 1.30. The summed E-state index contributed by atoms with van der Waals surface area (Å²) < 4.78 is 0. The molecule has 2 rings (SSSR count). The Balaban J connectivity index is 2.31. The zero-order valence-corrected chi connectivity index (χ0v) is 11.8. The molecular formula is C13H18Cl2N2. The maximum atomic E-state index is 6.04. The molecule has 1 aliphatic heterocycles. The first kappa shape index (κ1) is 12.8. The van der Waals surface area contributed by atoms with Crippen molar-refractivity contribution in [1.29, 1.82) is 0 Å². The van der Waals surface area contributed by atoms with Crippen LogP contribution in [0.5, 0.6) is 0 Å². The fourth-order valence-electron chi connectivity index (χ4n) is 2.39. The smallest absolute Gasteiger partial charge is 0.0467 e. The van der Waals surface area contributed by atoms with Crippen molar-refractivity contribution < 1.29 is 0 Å². The number of anilines is 2. The minimum absolute atomic E-state index is 0.392. The molecule has 0 aromatic heterocycles. The van der Waals surface area contributed by atoms with Gasteiger partial charge in [0.2, 0.25) is 0 Å². The second kappa shape index (κ2) is 5.36. The van der Waals surface area contributed by atoms with E-state index < -0.39 is 0 Å². The molecule has 17 heavy (non-hydrogen) atoms. The Kier molecular flexibility index (Phi) is 4.05. The number of benzene rings is 1. The zero-order chi connectivity index (χ0) is 12.4. The Morgan fingerprint density at radius 1 is 1.35 bits per heavy atom. The number of rotatable bonds is 4. The van der Waals surface area contributed by atoms with Crippen molar-refractivity contribution in [3.8, 4) is 0 Å². The molecule has 4 heteroatoms. The number of nitrogens with zero attached hydrogens (tertiary/aromatic N) is 2. The van der Waals surface area contributed by atoms with Crippen LogP contribution >= 0.6 is 23.2 Å². The first-order chi connectivity index (χ1) is 8.17. The number of hydrogen-bond donors (Lipinski definition) is 0. The van der Waals surface area contributed by atoms with Gasteiger partial charge in [-0.15, -0.1) is 23.2 Å². The van der Waals surface area contributed by atoms with Crippen LogP contribution in [0.4, 0.5) is 11.4 Å². The van der Waals surface area contributed by atoms with Crippen LogP contribution in [-0.4, -0.2) is 38.4 Å². The molecule has 0 spiro atoms. The number of alkyl halides is 2. The predicted octanol–water partition coefficient (Wildman–Crippen LogP) is 2.96. The molecule has 1 unspecified atom stereocenters. The third kappa shape index (κ3) is 2.48. The van der Waals surface area contributed by atoms with Crippen LogP contribution < -0.4 is 9.80 Å². The quantitative estimate of drug-likeness (QED) is 0.778. The van der Waals surface area contributed by atoms with E-state index in [2.05, 4.69) is 42.1 Å². The molecule has 0 aliphatic carbocycles. The lowest BCUT2D eigenvalue weighted by Gasteiger charge is -2.25. The van der Waals surface area contributed by atoms with E-state index in [0.29, 0.717) is 17.8 Å². The normalized spacial score (nSPS) is 18.4. The van der Waals surface area contributed by atoms with Gasteiger partial charge in [-0.05, 0) is 30.2 Å². The SMILES string of the molecule is CN(C)c1ccc2c(c1)CC(CCl)N2CCCl. The third-order valence-corrected chi connectivity index (χ3v) is 3.81. The summed E-state index contributed by atoms with van der Waals surface area (Å²) in [5, 5.41) is 0. The van der Waals surface area contributed by atoms with Crippen LogP contribution in [0.3, 0.4) is 0 Å². The van der Waals surface area contributed by atoms with Crippen LogP contribution in [0.15, 0.2) is 18.2 Å². The van der Waals surface area contributed by atoms with Crippen LogP contribution in [0.1, 0.15) is 5.56 Å². The van der Waals surface area contributed by atoms with Gasteiger partial charge in [-0.2, -0.15) is 0 Å². The lowest BCUT2D eigenvalue weighted by Crippen LogP contribution is -2.34. The van der Waals surface area contributed by atoms with E-state index in [9.17, 15) is 0 Å². The Labute approximate surface area is 113 Å². The largest absolute Gasteiger partial charge is 0.378 e. The summed E-state index contributed by atoms with van der Waals surface area (Å²) in [7, 11) is 4.12. The van der Waals surface area contributed by atoms with Crippen molar-refractivity contribution in [2.24, 2.45) is 0 Å². The average Bonchev–Trinajstić information content (AvgIpc) is 2.67. The van der Waals surface area contributed by atoms with Gasteiger partial charge in [0.25, 0.3) is 0 Å². The Morgan fingerprint density at radius 3 is 2.71 bits per heavy atom. The van der Waals surface area contributed by atoms with Gasteiger partial charge in [0.1, 0.15) is 0 Å². The van der Waals surface area contributed by atoms with Crippen molar-refractivity contribution in [2.75, 3.05) is 42.2 Å². The van der Waals surface area contributed by atoms with E-state index in [1.165, 1.54) is 16.9 Å². The van der Waals surface area contributed by atoms with Gasteiger partial charge in [-0.1, -0.05) is 0 Å². The molecule has 1 atom stereocenters. The summed E-state index contributed by atoms with van der Waals surface area (Å²) >= 11 is 11.9. The summed E-state index contributed by atoms with van der Waals surface area (Å²) in [6, 6.07) is 6.98. The summed E-state index contributed by atoms with van der Waals surface area (Å²) in [6.45, 7) is 0.868. The standard InChI is InChI=1S/C13H18Cl2N2/c1-16(2)11-3-4-13-10(7-11)8-12(9-15)17(13)6-5-14/h3-4,7,12H,5-6,8-9H2,1-2H3. The van der Waals surface area contributed by atoms with Crippen molar-refractivity contribution >= 4 is 34.6 Å². The highest BCUT2D eigenvalue weighted by Crippen LogP contribution is 2.35. The Morgan fingerprint density at radius 2 is 2.12 bits per heavy atom. The first-order valence-electron chi connectivity index (χ1n) is 5.86. The van der Waals surface area contributed by atoms with Crippen molar-refractivity contribution in [1.82, 2.24) is 0 Å². The zero-order valence-electron chi connectivity index (χ0n) is 10.3. The fraction of sp³-hybridized carbons (Fsp3) is 0.538. The minimum atomic E-state index is 0.392. The molecule has 1 heterocycles. The van der Waals surface area contributed by atoms with E-state index in [1.54, 1.807) is 0 Å². The van der Waals surface area contributed by atoms with E-state index >= 15 is 0 Å². The van der Waals surface area contributed by atoms with Gasteiger partial charge < -0.3 is 9.80 Å². The topological polar surface area (TPSA) is 6.48 Å². The average molecular weight is 273 g/mol. The van der Waals surface area contributed by atoms with Crippen molar-refractivity contribution in [3.05, 3.63) is 23.8 Å². The number of fused-ring (bicyclic) bond motifs is 1. The maximum Gasteiger partial charge on any atom is 0.0467 e. The van der Waals surface area contributed by atoms with Gasteiger partial charge >= 0.3 is 0 Å². The highest BCUT2D eigenvalue weighted by molar-refractivity contribution is 6.19. The molecule has 94 valence electrons. The van der Waals surface area contributed by atoms with Gasteiger partial charge in [0.15, 0.2) is 0 Å². The van der Waals surface area contributed by atoms with Crippen molar-refractivity contribution in [3.63, 3.8) is 0 Å². The monoisotopic (exact) mass is 272 g/mol. The molecule has 0 saturated carbocycles. The second-order valence-electron chi connectivity index (χ2n) is 4.60. The third-order valence-electron chi connectivity index (χ3n) is 3.29. The van der Waals surface area contributed by atoms with E-state index in [-0.39, 0.29) is 0 Å². The van der Waals surface area contributed by atoms with Gasteiger partial charge in [0.05, 0.1) is 0 Å². The number of hydrogen-bond acceptors (Lipinski definition) is 2. The molecule has 1 aromatic carbocycles. The van der Waals surface area contributed by atoms with E-state index in [4.69, 9.17) is 23.2 Å². The van der Waals surface area contributed by atoms with Gasteiger partial charge in [0, 0.05) is 49.8 Å². The van der Waals surface area contributed by atoms with Gasteiger partial charge in [-0.25, -0.2) is 0 Å². The molecule has 0 radical (unpaired) electrons. The summed E-state index contributed by atoms with van der Waals surface area (Å²) in [6.07, 6.45) is 1.03. The Hall–Kier alpha value is -0.600. The first-order valence-corrected chi connectivity index (χ1v) is 6.93. The number of halogens is 2. The highest BCUT2D eigenvalue weighted by Gasteiger charge is 2.28. The van der Waals surface area contributed by atoms with E-state index in [1.807, 2.05) is 0 Å². The molecule has 0 bridgehead atoms. The predicted molar refractivity (Wildman–Crippen MR) is 77.0 cm³/mol. The Bertz CT molecular complexity index is 393. The van der Waals surface area contributed by atoms with Crippen LogP contribution in [-0.2, 0) is 6.42 Å².